The minimum absolute atomic E-state index is 0.0720. The molecule has 13 nitrogen and oxygen atoms in total. The maximum absolute atomic E-state index is 13.3. The molecule has 4 rings (SSSR count). The van der Waals surface area contributed by atoms with Crippen molar-refractivity contribution in [3.8, 4) is 28.7 Å². The zero-order valence-electron chi connectivity index (χ0n) is 17.0. The molecular weight excluding hydrogens is 460 g/mol. The molecule has 8 N–H and O–H groups in total. The molecule has 2 aromatic carbocycles. The van der Waals surface area contributed by atoms with Crippen molar-refractivity contribution in [1.82, 2.24) is 0 Å². The summed E-state index contributed by atoms with van der Waals surface area (Å²) >= 11 is 0. The molecule has 0 spiro atoms. The van der Waals surface area contributed by atoms with E-state index in [-0.39, 0.29) is 11.3 Å². The summed E-state index contributed by atoms with van der Waals surface area (Å²) in [5.74, 6) is -4.99. The minimum Gasteiger partial charge on any atom is -0.508 e. The van der Waals surface area contributed by atoms with E-state index in [1.807, 2.05) is 0 Å². The molecule has 2 unspecified atom stereocenters. The van der Waals surface area contributed by atoms with Gasteiger partial charge in [-0.15, -0.1) is 0 Å². The fraction of sp³-hybridized carbons (Fsp3) is 0.333. The molecule has 34 heavy (non-hydrogen) atoms. The van der Waals surface area contributed by atoms with Crippen molar-refractivity contribution in [1.29, 1.82) is 0 Å². The van der Waals surface area contributed by atoms with Gasteiger partial charge in [0, 0.05) is 12.1 Å². The van der Waals surface area contributed by atoms with E-state index < -0.39 is 83.2 Å². The Bertz CT molecular complexity index is 1130. The maximum Gasteiger partial charge on any atom is 0.335 e. The number of aliphatic hydroxyl groups excluding tert-OH is 3. The van der Waals surface area contributed by atoms with Crippen LogP contribution in [0.2, 0.25) is 0 Å². The van der Waals surface area contributed by atoms with Gasteiger partial charge in [0.1, 0.15) is 41.1 Å². The van der Waals surface area contributed by atoms with Gasteiger partial charge in [-0.25, -0.2) is 4.79 Å². The average Bonchev–Trinajstić information content (AvgIpc) is 2.76. The van der Waals surface area contributed by atoms with E-state index in [1.54, 1.807) is 0 Å². The molecule has 2 aromatic rings. The Kier molecular flexibility index (Phi) is 5.97. The number of hydrogen-bond acceptors (Lipinski definition) is 12. The maximum atomic E-state index is 13.3. The summed E-state index contributed by atoms with van der Waals surface area (Å²) in [5.41, 5.74) is -0.328. The van der Waals surface area contributed by atoms with E-state index in [1.165, 1.54) is 6.07 Å². The molecule has 0 amide bonds. The predicted molar refractivity (Wildman–Crippen MR) is 106 cm³/mol. The number of fused-ring (bicyclic) bond motifs is 1. The monoisotopic (exact) mass is 480 g/mol. The van der Waals surface area contributed by atoms with Crippen LogP contribution in [0.1, 0.15) is 22.0 Å². The second-order valence-corrected chi connectivity index (χ2v) is 7.78. The lowest BCUT2D eigenvalue weighted by molar-refractivity contribution is -0.304. The number of rotatable bonds is 4. The Balaban J connectivity index is 1.76. The molecular formula is C21H20O13. The number of ketones is 1. The number of Topliss-reactive ketones (excluding diaryl/α,β-unsaturated/α-hetero) is 1. The molecule has 7 atom stereocenters. The van der Waals surface area contributed by atoms with Crippen LogP contribution in [0.25, 0.3) is 0 Å². The van der Waals surface area contributed by atoms with E-state index in [0.29, 0.717) is 0 Å². The Morgan fingerprint density at radius 2 is 1.59 bits per heavy atom. The van der Waals surface area contributed by atoms with Crippen molar-refractivity contribution < 1.29 is 64.7 Å². The molecule has 1 saturated heterocycles. The van der Waals surface area contributed by atoms with Crippen LogP contribution in [-0.4, -0.2) is 89.4 Å². The first-order valence-corrected chi connectivity index (χ1v) is 9.86. The number of aliphatic hydroxyl groups is 3. The number of carboxylic acid groups (broad SMARTS) is 1. The van der Waals surface area contributed by atoms with Crippen LogP contribution >= 0.6 is 0 Å². The fourth-order valence-corrected chi connectivity index (χ4v) is 3.81. The standard InChI is InChI=1S/C21H20O13/c22-7-4-10(25)12-11(5-7)32-17(6-1-2-8(23)9(24)3-6)18(13(12)26)33-21-16(29)14(27)15(28)19(34-21)20(30)31/h1-5,14-19,21-25,27-29H,(H,30,31)/t14-,15-,16+,17?,18?,19-,21+/m0/s1. The number of hydrogen-bond donors (Lipinski definition) is 8. The van der Waals surface area contributed by atoms with Gasteiger partial charge in [-0.3, -0.25) is 4.79 Å². The van der Waals surface area contributed by atoms with E-state index in [9.17, 15) is 50.4 Å². The van der Waals surface area contributed by atoms with Gasteiger partial charge in [-0.1, -0.05) is 6.07 Å². The van der Waals surface area contributed by atoms with Crippen molar-refractivity contribution in [3.05, 3.63) is 41.5 Å². The number of aliphatic carboxylic acids is 1. The molecule has 2 heterocycles. The van der Waals surface area contributed by atoms with Crippen molar-refractivity contribution in [3.63, 3.8) is 0 Å². The summed E-state index contributed by atoms with van der Waals surface area (Å²) in [6.07, 6.45) is -13.1. The number of carbonyl (C=O) groups excluding carboxylic acids is 1. The molecule has 1 fully saturated rings. The van der Waals surface area contributed by atoms with Crippen LogP contribution in [-0.2, 0) is 14.3 Å². The zero-order valence-corrected chi connectivity index (χ0v) is 17.0. The Labute approximate surface area is 190 Å². The number of carboxylic acids is 1. The lowest BCUT2D eigenvalue weighted by atomic mass is 9.92. The molecule has 2 aliphatic heterocycles. The van der Waals surface area contributed by atoms with Crippen LogP contribution < -0.4 is 4.74 Å². The summed E-state index contributed by atoms with van der Waals surface area (Å²) in [6, 6.07) is 5.33. The number of carbonyl (C=O) groups is 2. The number of aromatic hydroxyl groups is 4. The fourth-order valence-electron chi connectivity index (χ4n) is 3.81. The van der Waals surface area contributed by atoms with Crippen LogP contribution in [0.15, 0.2) is 30.3 Å². The van der Waals surface area contributed by atoms with Crippen LogP contribution in [0.4, 0.5) is 0 Å². The van der Waals surface area contributed by atoms with E-state index in [2.05, 4.69) is 0 Å². The summed E-state index contributed by atoms with van der Waals surface area (Å²) in [6.45, 7) is 0. The zero-order chi connectivity index (χ0) is 24.9. The first-order valence-electron chi connectivity index (χ1n) is 9.86. The SMILES string of the molecule is O=C1c2c(O)cc(O)cc2OC(c2ccc(O)c(O)c2)C1O[C@@H]1O[C@H](C(=O)O)[C@@H](O)[C@H](O)[C@H]1O. The predicted octanol–water partition coefficient (Wildman–Crippen LogP) is -0.897. The van der Waals surface area contributed by atoms with Crippen LogP contribution in [0.3, 0.4) is 0 Å². The van der Waals surface area contributed by atoms with Gasteiger partial charge in [-0.2, -0.15) is 0 Å². The second-order valence-electron chi connectivity index (χ2n) is 7.78. The van der Waals surface area contributed by atoms with Crippen LogP contribution in [0, 0.1) is 0 Å². The van der Waals surface area contributed by atoms with Crippen molar-refractivity contribution in [2.24, 2.45) is 0 Å². The first-order chi connectivity index (χ1) is 16.0. The third-order valence-electron chi connectivity index (χ3n) is 5.52. The molecule has 13 heteroatoms. The van der Waals surface area contributed by atoms with Crippen molar-refractivity contribution in [2.45, 2.75) is 42.9 Å². The molecule has 2 aliphatic rings. The lowest BCUT2D eigenvalue weighted by Gasteiger charge is -2.41. The largest absolute Gasteiger partial charge is 0.508 e. The minimum atomic E-state index is -2.01. The molecule has 182 valence electrons. The summed E-state index contributed by atoms with van der Waals surface area (Å²) in [7, 11) is 0. The molecule has 0 saturated carbocycles. The van der Waals surface area contributed by atoms with Crippen molar-refractivity contribution >= 4 is 11.8 Å². The molecule has 0 aliphatic carbocycles. The van der Waals surface area contributed by atoms with Gasteiger partial charge < -0.3 is 55.1 Å². The number of phenols is 4. The third kappa shape index (κ3) is 3.95. The summed E-state index contributed by atoms with van der Waals surface area (Å²) < 4.78 is 16.3. The third-order valence-corrected chi connectivity index (χ3v) is 5.52. The van der Waals surface area contributed by atoms with Gasteiger partial charge in [0.25, 0.3) is 0 Å². The second kappa shape index (κ2) is 8.62. The number of phenolic OH excluding ortho intramolecular Hbond substituents is 4. The molecule has 0 bridgehead atoms. The Morgan fingerprint density at radius 3 is 2.24 bits per heavy atom. The lowest BCUT2D eigenvalue weighted by Crippen LogP contribution is -2.61. The first kappa shape index (κ1) is 23.5. The number of ether oxygens (including phenoxy) is 3. The van der Waals surface area contributed by atoms with Gasteiger partial charge in [0.05, 0.1) is 0 Å². The van der Waals surface area contributed by atoms with Gasteiger partial charge in [-0.05, 0) is 17.7 Å². The molecule has 0 aromatic heterocycles. The van der Waals surface area contributed by atoms with Gasteiger partial charge >= 0.3 is 5.97 Å². The average molecular weight is 480 g/mol. The topological polar surface area (TPSA) is 224 Å². The quantitative estimate of drug-likeness (QED) is 0.249. The highest BCUT2D eigenvalue weighted by Gasteiger charge is 2.51. The highest BCUT2D eigenvalue weighted by molar-refractivity contribution is 6.05. The van der Waals surface area contributed by atoms with Gasteiger partial charge in [0.2, 0.25) is 5.78 Å². The summed E-state index contributed by atoms with van der Waals surface area (Å²) in [4.78, 5) is 24.7. The van der Waals surface area contributed by atoms with E-state index >= 15 is 0 Å². The van der Waals surface area contributed by atoms with Crippen molar-refractivity contribution in [2.75, 3.05) is 0 Å². The summed E-state index contributed by atoms with van der Waals surface area (Å²) in [5, 5.41) is 78.9. The Hall–Kier alpha value is -3.62. The van der Waals surface area contributed by atoms with Crippen LogP contribution in [0.5, 0.6) is 28.7 Å². The highest BCUT2D eigenvalue weighted by atomic mass is 16.7. The smallest absolute Gasteiger partial charge is 0.335 e. The normalized spacial score (nSPS) is 30.9. The van der Waals surface area contributed by atoms with E-state index in [0.717, 1.165) is 24.3 Å². The van der Waals surface area contributed by atoms with E-state index in [4.69, 9.17) is 14.2 Å². The number of benzene rings is 2. The highest BCUT2D eigenvalue weighted by Crippen LogP contribution is 2.44. The Morgan fingerprint density at radius 1 is 0.882 bits per heavy atom. The molecule has 0 radical (unpaired) electrons. The van der Waals surface area contributed by atoms with Gasteiger partial charge in [0.15, 0.2) is 36.1 Å².